The molecule has 116 valence electrons. The second-order valence-electron chi connectivity index (χ2n) is 4.90. The first-order valence-corrected chi connectivity index (χ1v) is 6.69. The molecule has 0 saturated carbocycles. The predicted molar refractivity (Wildman–Crippen MR) is 79.9 cm³/mol. The van der Waals surface area contributed by atoms with Gasteiger partial charge in [0.15, 0.2) is 12.4 Å². The minimum absolute atomic E-state index is 0.143. The van der Waals surface area contributed by atoms with Crippen LogP contribution in [0.25, 0.3) is 0 Å². The maximum atomic E-state index is 11.8. The van der Waals surface area contributed by atoms with Gasteiger partial charge >= 0.3 is 5.97 Å². The van der Waals surface area contributed by atoms with Gasteiger partial charge in [-0.3, -0.25) is 14.3 Å². The fourth-order valence-corrected chi connectivity index (χ4v) is 1.84. The predicted octanol–water partition coefficient (Wildman–Crippen LogP) is 1.60. The first kappa shape index (κ1) is 15.6. The fraction of sp³-hybridized carbons (Fsp3) is 0.267. The molecule has 2 N–H and O–H groups in total. The van der Waals surface area contributed by atoms with E-state index >= 15 is 0 Å². The number of nitrogens with one attached hydrogen (secondary N) is 1. The Labute approximate surface area is 127 Å². The van der Waals surface area contributed by atoms with Gasteiger partial charge in [-0.15, -0.1) is 0 Å². The Morgan fingerprint density at radius 2 is 2.09 bits per heavy atom. The number of anilines is 1. The monoisotopic (exact) mass is 303 g/mol. The van der Waals surface area contributed by atoms with Crippen molar-refractivity contribution < 1.29 is 19.4 Å². The van der Waals surface area contributed by atoms with Crippen molar-refractivity contribution in [2.45, 2.75) is 20.4 Å². The van der Waals surface area contributed by atoms with Crippen LogP contribution in [0.3, 0.4) is 0 Å². The van der Waals surface area contributed by atoms with Crippen LogP contribution in [-0.4, -0.2) is 33.4 Å². The molecule has 2 rings (SSSR count). The number of ether oxygens (including phenoxy) is 1. The molecule has 0 radical (unpaired) electrons. The molecule has 0 aliphatic rings. The van der Waals surface area contributed by atoms with E-state index in [1.54, 1.807) is 0 Å². The Morgan fingerprint density at radius 1 is 1.32 bits per heavy atom. The molecule has 1 heterocycles. The zero-order chi connectivity index (χ0) is 16.1. The fourth-order valence-electron chi connectivity index (χ4n) is 1.84. The third-order valence-corrected chi connectivity index (χ3v) is 2.91. The lowest BCUT2D eigenvalue weighted by atomic mass is 10.1. The van der Waals surface area contributed by atoms with Crippen LogP contribution < -0.4 is 10.1 Å². The number of hydrogen-bond acceptors (Lipinski definition) is 4. The number of amides is 1. The quantitative estimate of drug-likeness (QED) is 0.845. The summed E-state index contributed by atoms with van der Waals surface area (Å²) in [4.78, 5) is 22.4. The molecule has 0 atom stereocenters. The van der Waals surface area contributed by atoms with E-state index in [1.165, 1.54) is 16.9 Å². The van der Waals surface area contributed by atoms with Gasteiger partial charge in [0.25, 0.3) is 5.91 Å². The Balaban J connectivity index is 1.89. The third kappa shape index (κ3) is 4.34. The van der Waals surface area contributed by atoms with Crippen molar-refractivity contribution in [3.63, 3.8) is 0 Å². The van der Waals surface area contributed by atoms with Gasteiger partial charge < -0.3 is 15.2 Å². The molecule has 0 saturated heterocycles. The van der Waals surface area contributed by atoms with Gasteiger partial charge in [-0.25, -0.2) is 0 Å². The molecular weight excluding hydrogens is 286 g/mol. The van der Waals surface area contributed by atoms with E-state index in [0.29, 0.717) is 5.75 Å². The van der Waals surface area contributed by atoms with Gasteiger partial charge in [0.2, 0.25) is 0 Å². The van der Waals surface area contributed by atoms with E-state index < -0.39 is 5.97 Å². The highest BCUT2D eigenvalue weighted by Gasteiger charge is 2.08. The van der Waals surface area contributed by atoms with E-state index in [0.717, 1.165) is 11.1 Å². The first-order chi connectivity index (χ1) is 10.4. The summed E-state index contributed by atoms with van der Waals surface area (Å²) in [6.45, 7) is 3.45. The van der Waals surface area contributed by atoms with Gasteiger partial charge in [-0.2, -0.15) is 5.10 Å². The van der Waals surface area contributed by atoms with Gasteiger partial charge in [0, 0.05) is 12.3 Å². The largest absolute Gasteiger partial charge is 0.483 e. The number of benzene rings is 1. The van der Waals surface area contributed by atoms with Gasteiger partial charge in [0.1, 0.15) is 12.3 Å². The average Bonchev–Trinajstić information content (AvgIpc) is 2.86. The highest BCUT2D eigenvalue weighted by molar-refractivity contribution is 5.90. The van der Waals surface area contributed by atoms with Crippen molar-refractivity contribution in [2.24, 2.45) is 0 Å². The zero-order valence-corrected chi connectivity index (χ0v) is 12.4. The van der Waals surface area contributed by atoms with Crippen molar-refractivity contribution in [2.75, 3.05) is 11.9 Å². The Hall–Kier alpha value is -2.83. The molecule has 0 spiro atoms. The number of carboxylic acids is 1. The van der Waals surface area contributed by atoms with Crippen molar-refractivity contribution in [3.8, 4) is 5.75 Å². The Morgan fingerprint density at radius 3 is 2.82 bits per heavy atom. The summed E-state index contributed by atoms with van der Waals surface area (Å²) >= 11 is 0. The van der Waals surface area contributed by atoms with Crippen LogP contribution in [0.2, 0.25) is 0 Å². The summed E-state index contributed by atoms with van der Waals surface area (Å²) in [7, 11) is 0. The highest BCUT2D eigenvalue weighted by atomic mass is 16.5. The minimum Gasteiger partial charge on any atom is -0.483 e. The van der Waals surface area contributed by atoms with Crippen LogP contribution in [-0.2, 0) is 16.1 Å². The number of carbonyl (C=O) groups is 2. The number of carboxylic acid groups (broad SMARTS) is 1. The van der Waals surface area contributed by atoms with Gasteiger partial charge in [0.05, 0.1) is 0 Å². The number of aryl methyl sites for hydroxylation is 2. The molecule has 0 bridgehead atoms. The Bertz CT molecular complexity index is 694. The Kier molecular flexibility index (Phi) is 4.77. The molecule has 0 unspecified atom stereocenters. The van der Waals surface area contributed by atoms with Crippen molar-refractivity contribution >= 4 is 17.7 Å². The summed E-state index contributed by atoms with van der Waals surface area (Å²) in [6.07, 6.45) is 1.48. The van der Waals surface area contributed by atoms with E-state index in [2.05, 4.69) is 10.4 Å². The van der Waals surface area contributed by atoms with Crippen molar-refractivity contribution in [1.29, 1.82) is 0 Å². The molecule has 22 heavy (non-hydrogen) atoms. The molecule has 7 nitrogen and oxygen atoms in total. The van der Waals surface area contributed by atoms with Crippen LogP contribution in [0.4, 0.5) is 5.82 Å². The van der Waals surface area contributed by atoms with Crippen molar-refractivity contribution in [1.82, 2.24) is 9.78 Å². The average molecular weight is 303 g/mol. The molecule has 1 aromatic heterocycles. The zero-order valence-electron chi connectivity index (χ0n) is 12.4. The molecule has 0 aliphatic heterocycles. The molecule has 7 heteroatoms. The van der Waals surface area contributed by atoms with E-state index in [4.69, 9.17) is 9.84 Å². The number of aromatic nitrogens is 2. The molecule has 1 amide bonds. The topological polar surface area (TPSA) is 93.5 Å². The highest BCUT2D eigenvalue weighted by Crippen LogP contribution is 2.18. The SMILES string of the molecule is Cc1ccc(C)c(OCC(=O)Nc2ccn(CC(=O)O)n2)c1. The summed E-state index contributed by atoms with van der Waals surface area (Å²) < 4.78 is 6.71. The summed E-state index contributed by atoms with van der Waals surface area (Å²) in [5, 5.41) is 15.1. The maximum absolute atomic E-state index is 11.8. The molecular formula is C15H17N3O4. The van der Waals surface area contributed by atoms with Crippen LogP contribution in [0.15, 0.2) is 30.5 Å². The molecule has 2 aromatic rings. The van der Waals surface area contributed by atoms with Crippen molar-refractivity contribution in [3.05, 3.63) is 41.6 Å². The number of nitrogens with zero attached hydrogens (tertiary/aromatic N) is 2. The second-order valence-corrected chi connectivity index (χ2v) is 4.90. The number of aliphatic carboxylic acids is 1. The van der Waals surface area contributed by atoms with Crippen LogP contribution >= 0.6 is 0 Å². The first-order valence-electron chi connectivity index (χ1n) is 6.69. The van der Waals surface area contributed by atoms with E-state index in [-0.39, 0.29) is 24.9 Å². The summed E-state index contributed by atoms with van der Waals surface area (Å²) in [6, 6.07) is 7.29. The lowest BCUT2D eigenvalue weighted by Crippen LogP contribution is -2.21. The standard InChI is InChI=1S/C15H17N3O4/c1-10-3-4-11(2)12(7-10)22-9-14(19)16-13-5-6-18(17-13)8-15(20)21/h3-7H,8-9H2,1-2H3,(H,20,21)(H,16,17,19). The number of carbonyl (C=O) groups excluding carboxylic acids is 1. The normalized spacial score (nSPS) is 10.3. The van der Waals surface area contributed by atoms with E-state index in [9.17, 15) is 9.59 Å². The third-order valence-electron chi connectivity index (χ3n) is 2.91. The smallest absolute Gasteiger partial charge is 0.325 e. The lowest BCUT2D eigenvalue weighted by molar-refractivity contribution is -0.137. The second kappa shape index (κ2) is 6.75. The van der Waals surface area contributed by atoms with Gasteiger partial charge in [-0.1, -0.05) is 12.1 Å². The number of rotatable bonds is 6. The molecule has 0 fully saturated rings. The van der Waals surface area contributed by atoms with Crippen LogP contribution in [0.1, 0.15) is 11.1 Å². The van der Waals surface area contributed by atoms with E-state index in [1.807, 2.05) is 32.0 Å². The van der Waals surface area contributed by atoms with Crippen LogP contribution in [0.5, 0.6) is 5.75 Å². The molecule has 1 aromatic carbocycles. The van der Waals surface area contributed by atoms with Gasteiger partial charge in [-0.05, 0) is 31.0 Å². The lowest BCUT2D eigenvalue weighted by Gasteiger charge is -2.09. The maximum Gasteiger partial charge on any atom is 0.325 e. The molecule has 0 aliphatic carbocycles. The summed E-state index contributed by atoms with van der Waals surface area (Å²) in [5.41, 5.74) is 2.00. The summed E-state index contributed by atoms with van der Waals surface area (Å²) in [5.74, 6) is -0.414. The minimum atomic E-state index is -1.00. The number of hydrogen-bond donors (Lipinski definition) is 2. The van der Waals surface area contributed by atoms with Crippen LogP contribution in [0, 0.1) is 13.8 Å².